The van der Waals surface area contributed by atoms with Crippen LogP contribution in [0.3, 0.4) is 0 Å². The molecule has 0 bridgehead atoms. The fraction of sp³-hybridized carbons (Fsp3) is 0.375. The molecule has 0 fully saturated rings. The van der Waals surface area contributed by atoms with E-state index in [9.17, 15) is 18.0 Å². The quantitative estimate of drug-likeness (QED) is 0.305. The third-order valence-corrected chi connectivity index (χ3v) is 8.58. The van der Waals surface area contributed by atoms with Gasteiger partial charge in [-0.15, -0.1) is 0 Å². The smallest absolute Gasteiger partial charge is 0.264 e. The minimum absolute atomic E-state index is 0.0264. The Morgan fingerprint density at radius 3 is 1.95 bits per heavy atom. The van der Waals surface area contributed by atoms with Crippen molar-refractivity contribution in [1.29, 1.82) is 0 Å². The molecular formula is C32H41N3O5S. The number of aryl methyl sites for hydroxylation is 2. The van der Waals surface area contributed by atoms with Crippen LogP contribution in [0, 0.1) is 19.8 Å². The first-order valence-electron chi connectivity index (χ1n) is 13.8. The van der Waals surface area contributed by atoms with E-state index in [-0.39, 0.29) is 23.3 Å². The first-order chi connectivity index (χ1) is 19.5. The van der Waals surface area contributed by atoms with E-state index < -0.39 is 28.5 Å². The summed E-state index contributed by atoms with van der Waals surface area (Å²) in [6.07, 6.45) is 0.372. The van der Waals surface area contributed by atoms with Gasteiger partial charge in [-0.05, 0) is 68.1 Å². The maximum atomic E-state index is 14.1. The topological polar surface area (TPSA) is 96.0 Å². The Kier molecular flexibility index (Phi) is 10.9. The van der Waals surface area contributed by atoms with Crippen LogP contribution in [0.2, 0.25) is 0 Å². The number of ether oxygens (including phenoxy) is 1. The number of amides is 2. The number of carbonyl (C=O) groups excluding carboxylic acids is 2. The monoisotopic (exact) mass is 579 g/mol. The lowest BCUT2D eigenvalue weighted by molar-refractivity contribution is -0.140. The summed E-state index contributed by atoms with van der Waals surface area (Å²) in [5, 5.41) is 2.94. The Hall–Kier alpha value is -3.85. The Morgan fingerprint density at radius 1 is 0.878 bits per heavy atom. The van der Waals surface area contributed by atoms with Crippen LogP contribution in [0.5, 0.6) is 5.75 Å². The molecule has 0 spiro atoms. The molecule has 0 aliphatic rings. The molecule has 3 aromatic carbocycles. The molecule has 220 valence electrons. The van der Waals surface area contributed by atoms with E-state index in [1.165, 1.54) is 24.1 Å². The van der Waals surface area contributed by atoms with Gasteiger partial charge in [0.05, 0.1) is 17.7 Å². The number of carbonyl (C=O) groups is 2. The van der Waals surface area contributed by atoms with Gasteiger partial charge in [0.2, 0.25) is 11.8 Å². The van der Waals surface area contributed by atoms with Crippen molar-refractivity contribution >= 4 is 27.5 Å². The van der Waals surface area contributed by atoms with E-state index in [2.05, 4.69) is 5.32 Å². The molecule has 0 aromatic heterocycles. The van der Waals surface area contributed by atoms with Crippen molar-refractivity contribution < 1.29 is 22.7 Å². The lowest BCUT2D eigenvalue weighted by Crippen LogP contribution is -2.52. The molecule has 1 atom stereocenters. The summed E-state index contributed by atoms with van der Waals surface area (Å²) in [6.45, 7) is 9.89. The summed E-state index contributed by atoms with van der Waals surface area (Å²) in [6, 6.07) is 20.0. The van der Waals surface area contributed by atoms with Crippen LogP contribution in [-0.4, -0.2) is 51.4 Å². The summed E-state index contributed by atoms with van der Waals surface area (Å²) >= 11 is 0. The van der Waals surface area contributed by atoms with E-state index >= 15 is 0 Å². The third kappa shape index (κ3) is 8.33. The summed E-state index contributed by atoms with van der Waals surface area (Å²) in [5.41, 5.74) is 3.23. The minimum atomic E-state index is -4.14. The van der Waals surface area contributed by atoms with E-state index in [0.29, 0.717) is 24.4 Å². The number of sulfonamides is 1. The summed E-state index contributed by atoms with van der Waals surface area (Å²) in [7, 11) is -2.64. The lowest BCUT2D eigenvalue weighted by Gasteiger charge is -2.33. The highest BCUT2D eigenvalue weighted by molar-refractivity contribution is 7.92. The molecular weight excluding hydrogens is 538 g/mol. The molecule has 0 heterocycles. The molecule has 0 aliphatic carbocycles. The molecule has 8 nitrogen and oxygen atoms in total. The Morgan fingerprint density at radius 2 is 1.44 bits per heavy atom. The van der Waals surface area contributed by atoms with Crippen LogP contribution < -0.4 is 14.4 Å². The van der Waals surface area contributed by atoms with Crippen molar-refractivity contribution in [2.45, 2.75) is 58.5 Å². The van der Waals surface area contributed by atoms with Crippen molar-refractivity contribution in [1.82, 2.24) is 10.2 Å². The molecule has 0 aliphatic heterocycles. The predicted molar refractivity (Wildman–Crippen MR) is 162 cm³/mol. The third-order valence-electron chi connectivity index (χ3n) is 6.79. The molecule has 3 aromatic rings. The first kappa shape index (κ1) is 31.7. The fourth-order valence-corrected chi connectivity index (χ4v) is 5.76. The molecule has 0 saturated carbocycles. The van der Waals surface area contributed by atoms with Gasteiger partial charge in [-0.25, -0.2) is 8.42 Å². The highest BCUT2D eigenvalue weighted by Crippen LogP contribution is 2.26. The number of nitrogens with one attached hydrogen (secondary N) is 1. The van der Waals surface area contributed by atoms with Gasteiger partial charge >= 0.3 is 0 Å². The van der Waals surface area contributed by atoms with Crippen molar-refractivity contribution in [2.24, 2.45) is 5.92 Å². The van der Waals surface area contributed by atoms with Crippen LogP contribution in [0.1, 0.15) is 43.9 Å². The molecule has 41 heavy (non-hydrogen) atoms. The van der Waals surface area contributed by atoms with E-state index in [1.807, 2.05) is 58.9 Å². The number of anilines is 1. The summed E-state index contributed by atoms with van der Waals surface area (Å²) in [4.78, 5) is 28.9. The number of hydrogen-bond donors (Lipinski definition) is 1. The second-order valence-electron chi connectivity index (χ2n) is 10.6. The van der Waals surface area contributed by atoms with Crippen molar-refractivity contribution in [2.75, 3.05) is 24.5 Å². The largest absolute Gasteiger partial charge is 0.497 e. The first-order valence-corrected chi connectivity index (χ1v) is 15.3. The number of benzene rings is 3. The molecule has 2 amide bonds. The van der Waals surface area contributed by atoms with Crippen LogP contribution >= 0.6 is 0 Å². The van der Waals surface area contributed by atoms with Crippen LogP contribution in [0.15, 0.2) is 77.7 Å². The second kappa shape index (κ2) is 14.2. The molecule has 0 saturated heterocycles. The second-order valence-corrected chi connectivity index (χ2v) is 12.5. The average Bonchev–Trinajstić information content (AvgIpc) is 2.96. The number of rotatable bonds is 13. The predicted octanol–water partition coefficient (Wildman–Crippen LogP) is 5.09. The summed E-state index contributed by atoms with van der Waals surface area (Å²) < 4.78 is 34.2. The summed E-state index contributed by atoms with van der Waals surface area (Å²) in [5.74, 6) is 0.0186. The van der Waals surface area contributed by atoms with Gasteiger partial charge < -0.3 is 15.0 Å². The average molecular weight is 580 g/mol. The maximum absolute atomic E-state index is 14.1. The van der Waals surface area contributed by atoms with Crippen LogP contribution in [-0.2, 0) is 26.2 Å². The highest BCUT2D eigenvalue weighted by atomic mass is 32.2. The molecule has 1 N–H and O–H groups in total. The van der Waals surface area contributed by atoms with Gasteiger partial charge in [0.25, 0.3) is 10.0 Å². The molecule has 9 heteroatoms. The highest BCUT2D eigenvalue weighted by Gasteiger charge is 2.33. The SMILES string of the molecule is CC[C@H](C(=O)NCC(C)C)N(Cc1ccc(C)cc1)C(=O)CN(c1ccc(C)cc1)S(=O)(=O)c1ccc(OC)cc1. The molecule has 0 radical (unpaired) electrons. The fourth-order valence-electron chi connectivity index (χ4n) is 4.35. The Bertz CT molecular complexity index is 1400. The van der Waals surface area contributed by atoms with E-state index in [4.69, 9.17) is 4.74 Å². The van der Waals surface area contributed by atoms with Crippen molar-refractivity contribution in [3.05, 3.63) is 89.5 Å². The zero-order chi connectivity index (χ0) is 30.2. The standard InChI is InChI=1S/C32H41N3O5S/c1-7-30(32(37)33-20-23(2)3)34(21-26-12-8-24(4)9-13-26)31(36)22-35(27-14-10-25(5)11-15-27)41(38,39)29-18-16-28(40-6)17-19-29/h8-19,23,30H,7,20-22H2,1-6H3,(H,33,37)/t30-/m1/s1. The van der Waals surface area contributed by atoms with Gasteiger partial charge in [-0.2, -0.15) is 0 Å². The van der Waals surface area contributed by atoms with Crippen molar-refractivity contribution in [3.8, 4) is 5.75 Å². The lowest BCUT2D eigenvalue weighted by atomic mass is 10.1. The number of methoxy groups -OCH3 is 1. The Balaban J connectivity index is 2.03. The Labute approximate surface area is 244 Å². The minimum Gasteiger partial charge on any atom is -0.497 e. The normalized spacial score (nSPS) is 12.1. The van der Waals surface area contributed by atoms with E-state index in [1.54, 1.807) is 36.4 Å². The maximum Gasteiger partial charge on any atom is 0.264 e. The van der Waals surface area contributed by atoms with Gasteiger partial charge in [0.15, 0.2) is 0 Å². The number of hydrogen-bond acceptors (Lipinski definition) is 5. The van der Waals surface area contributed by atoms with Gasteiger partial charge in [0, 0.05) is 13.1 Å². The molecule has 0 unspecified atom stereocenters. The van der Waals surface area contributed by atoms with Crippen LogP contribution in [0.4, 0.5) is 5.69 Å². The van der Waals surface area contributed by atoms with Crippen LogP contribution in [0.25, 0.3) is 0 Å². The number of nitrogens with zero attached hydrogens (tertiary/aromatic N) is 2. The zero-order valence-corrected chi connectivity index (χ0v) is 25.6. The van der Waals surface area contributed by atoms with Crippen molar-refractivity contribution in [3.63, 3.8) is 0 Å². The van der Waals surface area contributed by atoms with Gasteiger partial charge in [-0.3, -0.25) is 13.9 Å². The van der Waals surface area contributed by atoms with E-state index in [0.717, 1.165) is 21.0 Å². The molecule has 3 rings (SSSR count). The van der Waals surface area contributed by atoms with Gasteiger partial charge in [0.1, 0.15) is 18.3 Å². The van der Waals surface area contributed by atoms with Gasteiger partial charge in [-0.1, -0.05) is 68.3 Å². The zero-order valence-electron chi connectivity index (χ0n) is 24.8.